The molecule has 1 atom stereocenters. The van der Waals surface area contributed by atoms with Gasteiger partial charge in [0.25, 0.3) is 5.91 Å². The highest BCUT2D eigenvalue weighted by Crippen LogP contribution is 2.29. The van der Waals surface area contributed by atoms with Crippen LogP contribution in [0.2, 0.25) is 0 Å². The first kappa shape index (κ1) is 22.0. The van der Waals surface area contributed by atoms with Crippen molar-refractivity contribution in [3.05, 3.63) is 59.8 Å². The fraction of sp³-hybridized carbons (Fsp3) is 0.304. The number of aromatic nitrogens is 2. The third-order valence-corrected chi connectivity index (χ3v) is 7.50. The minimum absolute atomic E-state index is 0.0864. The Kier molecular flexibility index (Phi) is 6.03. The van der Waals surface area contributed by atoms with Crippen LogP contribution in [-0.2, 0) is 10.0 Å². The van der Waals surface area contributed by atoms with Crippen LogP contribution in [0.1, 0.15) is 35.8 Å². The van der Waals surface area contributed by atoms with Crippen LogP contribution in [0, 0.1) is 12.8 Å². The van der Waals surface area contributed by atoms with Crippen molar-refractivity contribution in [1.29, 1.82) is 0 Å². The second kappa shape index (κ2) is 8.76. The quantitative estimate of drug-likeness (QED) is 0.543. The minimum atomic E-state index is -3.55. The monoisotopic (exact) mass is 454 g/mol. The Hall–Kier alpha value is -3.17. The summed E-state index contributed by atoms with van der Waals surface area (Å²) in [4.78, 5) is 12.8. The van der Waals surface area contributed by atoms with E-state index < -0.39 is 15.9 Å². The van der Waals surface area contributed by atoms with Crippen molar-refractivity contribution in [3.63, 3.8) is 0 Å². The number of carbonyl (C=O) groups is 1. The van der Waals surface area contributed by atoms with E-state index in [1.165, 1.54) is 16.4 Å². The predicted octanol–water partition coefficient (Wildman–Crippen LogP) is 3.76. The molecule has 3 N–H and O–H groups in total. The van der Waals surface area contributed by atoms with E-state index in [0.29, 0.717) is 36.0 Å². The first-order valence-corrected chi connectivity index (χ1v) is 11.9. The van der Waals surface area contributed by atoms with Crippen molar-refractivity contribution < 1.29 is 18.3 Å². The van der Waals surface area contributed by atoms with Crippen LogP contribution in [0.5, 0.6) is 5.75 Å². The average Bonchev–Trinajstić information content (AvgIpc) is 3.24. The van der Waals surface area contributed by atoms with E-state index in [0.717, 1.165) is 18.4 Å². The molecular formula is C23H26N4O4S. The molecule has 0 spiro atoms. The number of nitrogens with one attached hydrogen (secondary N) is 2. The number of hydrogen-bond donors (Lipinski definition) is 3. The normalized spacial score (nSPS) is 17.2. The Bertz CT molecular complexity index is 1240. The molecule has 0 aliphatic carbocycles. The molecule has 0 unspecified atom stereocenters. The van der Waals surface area contributed by atoms with Crippen molar-refractivity contribution in [1.82, 2.24) is 14.5 Å². The van der Waals surface area contributed by atoms with Gasteiger partial charge in [-0.25, -0.2) is 8.42 Å². The lowest BCUT2D eigenvalue weighted by atomic mass is 10.0. The summed E-state index contributed by atoms with van der Waals surface area (Å²) in [5.41, 5.74) is 2.58. The van der Waals surface area contributed by atoms with Gasteiger partial charge in [0.05, 0.1) is 10.6 Å². The molecule has 8 nitrogen and oxygen atoms in total. The van der Waals surface area contributed by atoms with Gasteiger partial charge >= 0.3 is 0 Å². The van der Waals surface area contributed by atoms with Crippen LogP contribution in [0.4, 0.5) is 5.69 Å². The number of hydrogen-bond acceptors (Lipinski definition) is 5. The van der Waals surface area contributed by atoms with Gasteiger partial charge in [0, 0.05) is 24.3 Å². The molecule has 1 aliphatic rings. The van der Waals surface area contributed by atoms with Crippen molar-refractivity contribution in [3.8, 4) is 17.0 Å². The van der Waals surface area contributed by atoms with Gasteiger partial charge < -0.3 is 10.4 Å². The molecule has 3 aromatic rings. The number of aromatic hydroxyl groups is 1. The Morgan fingerprint density at radius 2 is 1.94 bits per heavy atom. The molecule has 2 aromatic carbocycles. The van der Waals surface area contributed by atoms with Crippen molar-refractivity contribution >= 4 is 21.6 Å². The van der Waals surface area contributed by atoms with Crippen LogP contribution >= 0.6 is 0 Å². The van der Waals surface area contributed by atoms with Crippen molar-refractivity contribution in [2.24, 2.45) is 5.92 Å². The van der Waals surface area contributed by atoms with E-state index in [4.69, 9.17) is 0 Å². The van der Waals surface area contributed by atoms with Crippen molar-refractivity contribution in [2.45, 2.75) is 31.6 Å². The molecule has 1 fully saturated rings. The Morgan fingerprint density at radius 3 is 2.62 bits per heavy atom. The van der Waals surface area contributed by atoms with Crippen LogP contribution < -0.4 is 5.32 Å². The van der Waals surface area contributed by atoms with Gasteiger partial charge in [0.1, 0.15) is 11.4 Å². The minimum Gasteiger partial charge on any atom is -0.507 e. The summed E-state index contributed by atoms with van der Waals surface area (Å²) in [5, 5.41) is 19.6. The largest absolute Gasteiger partial charge is 0.507 e. The number of piperidine rings is 1. The molecule has 168 valence electrons. The summed E-state index contributed by atoms with van der Waals surface area (Å²) in [6, 6.07) is 12.9. The number of aromatic amines is 1. The van der Waals surface area contributed by atoms with E-state index in [1.54, 1.807) is 30.3 Å². The summed E-state index contributed by atoms with van der Waals surface area (Å²) in [6.45, 7) is 4.99. The summed E-state index contributed by atoms with van der Waals surface area (Å²) in [7, 11) is -3.55. The second-order valence-electron chi connectivity index (χ2n) is 8.28. The zero-order valence-electron chi connectivity index (χ0n) is 18.0. The van der Waals surface area contributed by atoms with Crippen LogP contribution in [-0.4, -0.2) is 47.0 Å². The maximum Gasteiger partial charge on any atom is 0.273 e. The fourth-order valence-corrected chi connectivity index (χ4v) is 5.45. The Labute approximate surface area is 187 Å². The highest BCUT2D eigenvalue weighted by molar-refractivity contribution is 7.89. The molecule has 2 heterocycles. The molecule has 1 amide bonds. The maximum atomic E-state index is 12.9. The highest BCUT2D eigenvalue weighted by Gasteiger charge is 2.28. The molecule has 1 aliphatic heterocycles. The Morgan fingerprint density at radius 1 is 1.19 bits per heavy atom. The summed E-state index contributed by atoms with van der Waals surface area (Å²) < 4.78 is 27.3. The number of rotatable bonds is 5. The van der Waals surface area contributed by atoms with Gasteiger partial charge in [-0.1, -0.05) is 13.0 Å². The molecular weight excluding hydrogens is 428 g/mol. The molecule has 1 saturated heterocycles. The fourth-order valence-electron chi connectivity index (χ4n) is 3.86. The molecule has 4 rings (SSSR count). The number of amides is 1. The zero-order valence-corrected chi connectivity index (χ0v) is 18.8. The third-order valence-electron chi connectivity index (χ3n) is 5.62. The summed E-state index contributed by atoms with van der Waals surface area (Å²) in [6.07, 6.45) is 1.90. The second-order valence-corrected chi connectivity index (χ2v) is 10.2. The number of phenols is 1. The van der Waals surface area contributed by atoms with Gasteiger partial charge in [0.15, 0.2) is 0 Å². The predicted molar refractivity (Wildman–Crippen MR) is 122 cm³/mol. The van der Waals surface area contributed by atoms with E-state index in [9.17, 15) is 18.3 Å². The lowest BCUT2D eigenvalue weighted by Crippen LogP contribution is -2.39. The third kappa shape index (κ3) is 4.53. The zero-order chi connectivity index (χ0) is 22.9. The van der Waals surface area contributed by atoms with Gasteiger partial charge in [-0.3, -0.25) is 9.89 Å². The number of phenolic OH excluding ortho intramolecular Hbond substituents is 1. The summed E-state index contributed by atoms with van der Waals surface area (Å²) >= 11 is 0. The summed E-state index contributed by atoms with van der Waals surface area (Å²) in [5.74, 6) is 0.0115. The SMILES string of the molecule is Cc1ccc(-c2cc(C(=O)Nc3ccc(S(=O)(=O)N4CCC[C@@H](C)C4)cc3)[nH]n2)c(O)c1. The number of H-pyrrole nitrogens is 1. The molecule has 0 bridgehead atoms. The molecule has 9 heteroatoms. The van der Waals surface area contributed by atoms with Gasteiger partial charge in [0.2, 0.25) is 10.0 Å². The first-order valence-electron chi connectivity index (χ1n) is 10.5. The topological polar surface area (TPSA) is 115 Å². The van der Waals surface area contributed by atoms with Crippen LogP contribution in [0.25, 0.3) is 11.3 Å². The first-order chi connectivity index (χ1) is 15.2. The molecule has 0 radical (unpaired) electrons. The van der Waals surface area contributed by atoms with Crippen LogP contribution in [0.3, 0.4) is 0 Å². The number of benzene rings is 2. The number of anilines is 1. The number of sulfonamides is 1. The van der Waals surface area contributed by atoms with E-state index in [2.05, 4.69) is 22.4 Å². The smallest absolute Gasteiger partial charge is 0.273 e. The number of carbonyl (C=O) groups excluding carboxylic acids is 1. The Balaban J connectivity index is 1.46. The van der Waals surface area contributed by atoms with E-state index in [-0.39, 0.29) is 16.3 Å². The standard InChI is InChI=1S/C23H26N4O4S/c1-15-5-10-19(22(28)12-15)20-13-21(26-25-20)23(29)24-17-6-8-18(9-7-17)32(30,31)27-11-3-4-16(2)14-27/h5-10,12-13,16,28H,3-4,11,14H2,1-2H3,(H,24,29)(H,25,26)/t16-/m1/s1. The van der Waals surface area contributed by atoms with Gasteiger partial charge in [-0.05, 0) is 73.7 Å². The van der Waals surface area contributed by atoms with Crippen molar-refractivity contribution in [2.75, 3.05) is 18.4 Å². The number of aryl methyl sites for hydroxylation is 1. The van der Waals surface area contributed by atoms with Crippen LogP contribution in [0.15, 0.2) is 53.4 Å². The molecule has 0 saturated carbocycles. The average molecular weight is 455 g/mol. The highest BCUT2D eigenvalue weighted by atomic mass is 32.2. The maximum absolute atomic E-state index is 12.9. The van der Waals surface area contributed by atoms with E-state index >= 15 is 0 Å². The lowest BCUT2D eigenvalue weighted by Gasteiger charge is -2.30. The van der Waals surface area contributed by atoms with Gasteiger partial charge in [-0.15, -0.1) is 0 Å². The lowest BCUT2D eigenvalue weighted by molar-refractivity contribution is 0.102. The van der Waals surface area contributed by atoms with E-state index in [1.807, 2.05) is 13.0 Å². The number of nitrogens with zero attached hydrogens (tertiary/aromatic N) is 2. The van der Waals surface area contributed by atoms with Gasteiger partial charge in [-0.2, -0.15) is 9.40 Å². The molecule has 1 aromatic heterocycles. The molecule has 32 heavy (non-hydrogen) atoms.